The van der Waals surface area contributed by atoms with Crippen molar-refractivity contribution in [3.63, 3.8) is 0 Å². The summed E-state index contributed by atoms with van der Waals surface area (Å²) in [7, 11) is 0. The lowest BCUT2D eigenvalue weighted by molar-refractivity contribution is 0.905. The third-order valence-electron chi connectivity index (χ3n) is 3.61. The molecule has 3 heteroatoms. The van der Waals surface area contributed by atoms with E-state index in [4.69, 9.17) is 12.2 Å². The van der Waals surface area contributed by atoms with E-state index in [1.165, 1.54) is 22.3 Å². The maximum Gasteiger partial charge on any atom is 0.166 e. The second-order valence-corrected chi connectivity index (χ2v) is 7.24. The minimum Gasteiger partial charge on any atom is -0.359 e. The van der Waals surface area contributed by atoms with E-state index in [1.54, 1.807) is 0 Å². The molecule has 0 heterocycles. The number of allylic oxidation sites excluding steroid dienone is 6. The summed E-state index contributed by atoms with van der Waals surface area (Å²) in [5, 5.41) is 7.19. The second-order valence-electron chi connectivity index (χ2n) is 6.83. The Bertz CT molecular complexity index is 444. The van der Waals surface area contributed by atoms with E-state index in [1.807, 2.05) is 0 Å². The monoisotopic (exact) mass is 348 g/mol. The Hall–Kier alpha value is -1.35. The van der Waals surface area contributed by atoms with Gasteiger partial charge in [-0.25, -0.2) is 0 Å². The highest BCUT2D eigenvalue weighted by Crippen LogP contribution is 2.06. The summed E-state index contributed by atoms with van der Waals surface area (Å²) in [6.45, 7) is 14.5. The van der Waals surface area contributed by atoms with E-state index < -0.39 is 0 Å². The Morgan fingerprint density at radius 3 is 1.38 bits per heavy atom. The topological polar surface area (TPSA) is 24.1 Å². The van der Waals surface area contributed by atoms with E-state index in [0.717, 1.165) is 43.9 Å². The van der Waals surface area contributed by atoms with Gasteiger partial charge in [-0.2, -0.15) is 0 Å². The van der Waals surface area contributed by atoms with Gasteiger partial charge in [0.1, 0.15) is 0 Å². The van der Waals surface area contributed by atoms with Crippen LogP contribution < -0.4 is 10.6 Å². The van der Waals surface area contributed by atoms with E-state index >= 15 is 0 Å². The predicted molar refractivity (Wildman–Crippen MR) is 113 cm³/mol. The molecule has 0 saturated carbocycles. The minimum absolute atomic E-state index is 0.719. The van der Waals surface area contributed by atoms with E-state index in [9.17, 15) is 0 Å². The molecule has 24 heavy (non-hydrogen) atoms. The van der Waals surface area contributed by atoms with Crippen molar-refractivity contribution in [3.05, 3.63) is 46.6 Å². The highest BCUT2D eigenvalue weighted by Gasteiger charge is 1.94. The average molecular weight is 349 g/mol. The van der Waals surface area contributed by atoms with E-state index in [0.29, 0.717) is 0 Å². The summed E-state index contributed by atoms with van der Waals surface area (Å²) in [6.07, 6.45) is 13.4. The molecule has 0 radical (unpaired) electrons. The zero-order valence-corrected chi connectivity index (χ0v) is 17.3. The van der Waals surface area contributed by atoms with Crippen molar-refractivity contribution in [1.82, 2.24) is 10.6 Å². The van der Waals surface area contributed by atoms with E-state index in [2.05, 4.69) is 76.5 Å². The number of nitrogens with one attached hydrogen (secondary N) is 2. The van der Waals surface area contributed by atoms with Crippen molar-refractivity contribution in [2.45, 2.75) is 67.2 Å². The fourth-order valence-electron chi connectivity index (χ4n) is 2.08. The van der Waals surface area contributed by atoms with Crippen LogP contribution in [0.2, 0.25) is 0 Å². The molecule has 136 valence electrons. The first-order valence-corrected chi connectivity index (χ1v) is 9.31. The summed E-state index contributed by atoms with van der Waals surface area (Å²) in [6, 6.07) is 0. The average Bonchev–Trinajstić information content (AvgIpc) is 2.46. The quantitative estimate of drug-likeness (QED) is 0.383. The Balaban J connectivity index is 3.90. The largest absolute Gasteiger partial charge is 0.359 e. The van der Waals surface area contributed by atoms with Gasteiger partial charge in [0.05, 0.1) is 0 Å². The van der Waals surface area contributed by atoms with Crippen LogP contribution in [0.25, 0.3) is 0 Å². The van der Waals surface area contributed by atoms with Crippen LogP contribution in [-0.4, -0.2) is 18.2 Å². The first-order chi connectivity index (χ1) is 11.3. The van der Waals surface area contributed by atoms with Gasteiger partial charge in [-0.1, -0.05) is 46.6 Å². The Kier molecular flexibility index (Phi) is 13.2. The molecule has 0 aliphatic rings. The normalized spacial score (nSPS) is 11.8. The lowest BCUT2D eigenvalue weighted by atomic mass is 10.1. The van der Waals surface area contributed by atoms with Crippen molar-refractivity contribution < 1.29 is 0 Å². The van der Waals surface area contributed by atoms with Crippen LogP contribution in [-0.2, 0) is 0 Å². The molecule has 0 rings (SSSR count). The van der Waals surface area contributed by atoms with Gasteiger partial charge in [0, 0.05) is 13.1 Å². The maximum absolute atomic E-state index is 5.30. The highest BCUT2D eigenvalue weighted by atomic mass is 32.1. The molecule has 0 aliphatic heterocycles. The zero-order valence-electron chi connectivity index (χ0n) is 16.5. The molecule has 0 atom stereocenters. The smallest absolute Gasteiger partial charge is 0.166 e. The van der Waals surface area contributed by atoms with Crippen LogP contribution >= 0.6 is 12.2 Å². The summed E-state index contributed by atoms with van der Waals surface area (Å²) in [5.74, 6) is 0. The molecule has 0 aromatic carbocycles. The summed E-state index contributed by atoms with van der Waals surface area (Å²) in [5.41, 5.74) is 5.57. The Labute approximate surface area is 155 Å². The van der Waals surface area contributed by atoms with Gasteiger partial charge in [0.2, 0.25) is 0 Å². The van der Waals surface area contributed by atoms with Crippen molar-refractivity contribution >= 4 is 17.3 Å². The molecule has 0 unspecified atom stereocenters. The first kappa shape index (κ1) is 22.6. The molecular weight excluding hydrogens is 312 g/mol. The molecule has 0 aliphatic carbocycles. The van der Waals surface area contributed by atoms with Crippen LogP contribution in [0, 0.1) is 0 Å². The molecule has 0 fully saturated rings. The van der Waals surface area contributed by atoms with Crippen molar-refractivity contribution in [1.29, 1.82) is 0 Å². The van der Waals surface area contributed by atoms with Crippen LogP contribution in [0.1, 0.15) is 67.2 Å². The minimum atomic E-state index is 0.719. The SMILES string of the molecule is CC(C)=CCC/C(C)=C/CNC(=S)NC/C=C(\C)CCC=C(C)C. The lowest BCUT2D eigenvalue weighted by Crippen LogP contribution is -2.35. The van der Waals surface area contributed by atoms with Crippen LogP contribution in [0.3, 0.4) is 0 Å². The fraction of sp³-hybridized carbons (Fsp3) is 0.571. The summed E-state index contributed by atoms with van der Waals surface area (Å²) in [4.78, 5) is 0. The number of rotatable bonds is 10. The highest BCUT2D eigenvalue weighted by molar-refractivity contribution is 7.80. The predicted octanol–water partition coefficient (Wildman–Crippen LogP) is 5.84. The van der Waals surface area contributed by atoms with Gasteiger partial charge < -0.3 is 10.6 Å². The zero-order chi connectivity index (χ0) is 18.4. The molecule has 0 amide bonds. The Morgan fingerprint density at radius 1 is 0.667 bits per heavy atom. The first-order valence-electron chi connectivity index (χ1n) is 8.91. The van der Waals surface area contributed by atoms with Gasteiger partial charge >= 0.3 is 0 Å². The number of hydrogen-bond donors (Lipinski definition) is 2. The van der Waals surface area contributed by atoms with Crippen molar-refractivity contribution in [2.24, 2.45) is 0 Å². The number of hydrogen-bond acceptors (Lipinski definition) is 1. The van der Waals surface area contributed by atoms with Gasteiger partial charge in [-0.3, -0.25) is 0 Å². The second kappa shape index (κ2) is 14.0. The standard InChI is InChI=1S/C21H36N2S/c1-17(2)9-7-11-19(5)13-15-22-21(24)23-16-14-20(6)12-8-10-18(3)4/h9-10,13-14H,7-8,11-12,15-16H2,1-6H3,(H2,22,23,24)/b19-13+,20-14+. The van der Waals surface area contributed by atoms with Gasteiger partial charge in [0.25, 0.3) is 0 Å². The lowest BCUT2D eigenvalue weighted by Gasteiger charge is -2.08. The molecule has 0 bridgehead atoms. The van der Waals surface area contributed by atoms with Crippen LogP contribution in [0.5, 0.6) is 0 Å². The van der Waals surface area contributed by atoms with Crippen molar-refractivity contribution in [2.75, 3.05) is 13.1 Å². The third-order valence-corrected chi connectivity index (χ3v) is 3.90. The Morgan fingerprint density at radius 2 is 1.04 bits per heavy atom. The van der Waals surface area contributed by atoms with Gasteiger partial charge in [0.15, 0.2) is 5.11 Å². The fourth-order valence-corrected chi connectivity index (χ4v) is 2.25. The molecule has 2 N–H and O–H groups in total. The van der Waals surface area contributed by atoms with Crippen LogP contribution in [0.4, 0.5) is 0 Å². The van der Waals surface area contributed by atoms with Gasteiger partial charge in [-0.05, 0) is 79.4 Å². The molecule has 0 saturated heterocycles. The summed E-state index contributed by atoms with van der Waals surface area (Å²) < 4.78 is 0. The molecule has 0 spiro atoms. The molecule has 0 aromatic rings. The van der Waals surface area contributed by atoms with Gasteiger partial charge in [-0.15, -0.1) is 0 Å². The molecule has 0 aromatic heterocycles. The van der Waals surface area contributed by atoms with Crippen LogP contribution in [0.15, 0.2) is 46.6 Å². The number of thiocarbonyl (C=S) groups is 1. The molecular formula is C21H36N2S. The third kappa shape index (κ3) is 15.5. The summed E-state index contributed by atoms with van der Waals surface area (Å²) >= 11 is 5.30. The van der Waals surface area contributed by atoms with Crippen molar-refractivity contribution in [3.8, 4) is 0 Å². The maximum atomic E-state index is 5.30. The van der Waals surface area contributed by atoms with E-state index in [-0.39, 0.29) is 0 Å². The molecule has 2 nitrogen and oxygen atoms in total.